The average molecular weight is 230 g/mol. The molecule has 0 bridgehead atoms. The molecule has 0 saturated heterocycles. The van der Waals surface area contributed by atoms with E-state index in [1.54, 1.807) is 30.5 Å². The van der Waals surface area contributed by atoms with Gasteiger partial charge < -0.3 is 10.8 Å². The van der Waals surface area contributed by atoms with Gasteiger partial charge in [0.25, 0.3) is 0 Å². The highest BCUT2D eigenvalue weighted by atomic mass is 19.1. The maximum absolute atomic E-state index is 12.7. The van der Waals surface area contributed by atoms with E-state index in [2.05, 4.69) is 4.99 Å². The van der Waals surface area contributed by atoms with Crippen LogP contribution in [-0.4, -0.2) is 11.3 Å². The Hall–Kier alpha value is -2.36. The summed E-state index contributed by atoms with van der Waals surface area (Å²) in [5, 5.41) is 9.25. The molecule has 0 amide bonds. The van der Waals surface area contributed by atoms with Crippen LogP contribution in [0.15, 0.2) is 47.5 Å². The molecule has 0 radical (unpaired) electrons. The molecule has 0 spiro atoms. The maximum atomic E-state index is 12.7. The van der Waals surface area contributed by atoms with E-state index in [1.165, 1.54) is 18.2 Å². The first kappa shape index (κ1) is 11.1. The minimum atomic E-state index is -0.294. The largest absolute Gasteiger partial charge is 0.506 e. The normalized spacial score (nSPS) is 10.9. The SMILES string of the molecule is Nc1cc(/C=N/c2ccc(F)cc2)ccc1O. The van der Waals surface area contributed by atoms with Gasteiger partial charge in [0, 0.05) is 6.21 Å². The van der Waals surface area contributed by atoms with Crippen molar-refractivity contribution in [3.63, 3.8) is 0 Å². The quantitative estimate of drug-likeness (QED) is 0.473. The Balaban J connectivity index is 2.20. The van der Waals surface area contributed by atoms with Crippen LogP contribution >= 0.6 is 0 Å². The van der Waals surface area contributed by atoms with Gasteiger partial charge in [-0.2, -0.15) is 0 Å². The summed E-state index contributed by atoms with van der Waals surface area (Å²) in [4.78, 5) is 4.16. The minimum Gasteiger partial charge on any atom is -0.506 e. The monoisotopic (exact) mass is 230 g/mol. The molecule has 17 heavy (non-hydrogen) atoms. The van der Waals surface area contributed by atoms with Gasteiger partial charge >= 0.3 is 0 Å². The highest BCUT2D eigenvalue weighted by molar-refractivity contribution is 5.84. The molecule has 0 heterocycles. The minimum absolute atomic E-state index is 0.0453. The second-order valence-corrected chi connectivity index (χ2v) is 3.55. The van der Waals surface area contributed by atoms with Crippen LogP contribution < -0.4 is 5.73 Å². The van der Waals surface area contributed by atoms with Crippen LogP contribution in [0.3, 0.4) is 0 Å². The lowest BCUT2D eigenvalue weighted by Crippen LogP contribution is -1.88. The lowest BCUT2D eigenvalue weighted by molar-refractivity contribution is 0.478. The number of benzene rings is 2. The zero-order chi connectivity index (χ0) is 12.3. The van der Waals surface area contributed by atoms with Gasteiger partial charge in [-0.05, 0) is 48.0 Å². The van der Waals surface area contributed by atoms with Crippen molar-refractivity contribution in [3.8, 4) is 5.75 Å². The number of phenolic OH excluding ortho intramolecular Hbond substituents is 1. The van der Waals surface area contributed by atoms with Crippen molar-refractivity contribution >= 4 is 17.6 Å². The summed E-state index contributed by atoms with van der Waals surface area (Å²) in [5.41, 5.74) is 7.27. The molecule has 0 unspecified atom stereocenters. The van der Waals surface area contributed by atoms with E-state index in [0.717, 1.165) is 5.56 Å². The van der Waals surface area contributed by atoms with Gasteiger partial charge in [-0.3, -0.25) is 4.99 Å². The molecular weight excluding hydrogens is 219 g/mol. The predicted molar refractivity (Wildman–Crippen MR) is 66.2 cm³/mol. The van der Waals surface area contributed by atoms with Crippen molar-refractivity contribution in [2.45, 2.75) is 0 Å². The number of anilines is 1. The van der Waals surface area contributed by atoms with Gasteiger partial charge in [0.1, 0.15) is 11.6 Å². The number of aliphatic imine (C=N–C) groups is 1. The molecule has 0 atom stereocenters. The Kier molecular flexibility index (Phi) is 3.05. The number of aromatic hydroxyl groups is 1. The predicted octanol–water partition coefficient (Wildman–Crippen LogP) is 2.86. The van der Waals surface area contributed by atoms with Crippen molar-refractivity contribution < 1.29 is 9.50 Å². The molecule has 0 aliphatic carbocycles. The molecule has 4 heteroatoms. The Labute approximate surface area is 98.0 Å². The lowest BCUT2D eigenvalue weighted by atomic mass is 10.2. The standard InChI is InChI=1S/C13H11FN2O/c14-10-2-4-11(5-3-10)16-8-9-1-6-13(17)12(15)7-9/h1-8,17H,15H2/b16-8+. The number of rotatable bonds is 2. The molecular formula is C13H11FN2O. The van der Waals surface area contributed by atoms with Gasteiger partial charge in [0.15, 0.2) is 0 Å². The van der Waals surface area contributed by atoms with E-state index in [1.807, 2.05) is 0 Å². The molecule has 2 aromatic carbocycles. The van der Waals surface area contributed by atoms with E-state index in [9.17, 15) is 9.50 Å². The van der Waals surface area contributed by atoms with Crippen LogP contribution in [0.5, 0.6) is 5.75 Å². The van der Waals surface area contributed by atoms with E-state index < -0.39 is 0 Å². The summed E-state index contributed by atoms with van der Waals surface area (Å²) in [5.74, 6) is -0.248. The van der Waals surface area contributed by atoms with Gasteiger partial charge in [0.05, 0.1) is 11.4 Å². The number of halogens is 1. The molecule has 0 fully saturated rings. The Morgan fingerprint density at radius 1 is 1.12 bits per heavy atom. The fourth-order valence-electron chi connectivity index (χ4n) is 1.33. The second kappa shape index (κ2) is 4.65. The molecule has 0 aliphatic heterocycles. The van der Waals surface area contributed by atoms with Crippen LogP contribution in [0, 0.1) is 5.82 Å². The van der Waals surface area contributed by atoms with Gasteiger partial charge in [-0.1, -0.05) is 0 Å². The van der Waals surface area contributed by atoms with Crippen molar-refractivity contribution in [1.29, 1.82) is 0 Å². The van der Waals surface area contributed by atoms with Gasteiger partial charge in [0.2, 0.25) is 0 Å². The Morgan fingerprint density at radius 3 is 2.47 bits per heavy atom. The summed E-state index contributed by atoms with van der Waals surface area (Å²) < 4.78 is 12.7. The van der Waals surface area contributed by atoms with E-state index in [0.29, 0.717) is 11.4 Å². The molecule has 0 aliphatic rings. The zero-order valence-electron chi connectivity index (χ0n) is 8.97. The van der Waals surface area contributed by atoms with Crippen LogP contribution in [-0.2, 0) is 0 Å². The van der Waals surface area contributed by atoms with Crippen LogP contribution in [0.2, 0.25) is 0 Å². The summed E-state index contributed by atoms with van der Waals surface area (Å²) in [6.07, 6.45) is 1.60. The molecule has 0 aromatic heterocycles. The number of hydrogen-bond acceptors (Lipinski definition) is 3. The number of nitrogens with two attached hydrogens (primary N) is 1. The Morgan fingerprint density at radius 2 is 1.82 bits per heavy atom. The first-order valence-corrected chi connectivity index (χ1v) is 5.03. The second-order valence-electron chi connectivity index (χ2n) is 3.55. The zero-order valence-corrected chi connectivity index (χ0v) is 8.97. The highest BCUT2D eigenvalue weighted by Gasteiger charge is 1.96. The summed E-state index contributed by atoms with van der Waals surface area (Å²) >= 11 is 0. The number of nitrogen functional groups attached to an aromatic ring is 1. The molecule has 3 N–H and O–H groups in total. The third kappa shape index (κ3) is 2.81. The Bertz CT molecular complexity index is 550. The van der Waals surface area contributed by atoms with E-state index in [-0.39, 0.29) is 11.6 Å². The van der Waals surface area contributed by atoms with Crippen LogP contribution in [0.25, 0.3) is 0 Å². The smallest absolute Gasteiger partial charge is 0.138 e. The fourth-order valence-corrected chi connectivity index (χ4v) is 1.33. The topological polar surface area (TPSA) is 58.6 Å². The number of hydrogen-bond donors (Lipinski definition) is 2. The van der Waals surface area contributed by atoms with Gasteiger partial charge in [-0.25, -0.2) is 4.39 Å². The average Bonchev–Trinajstić information content (AvgIpc) is 2.33. The van der Waals surface area contributed by atoms with Crippen LogP contribution in [0.1, 0.15) is 5.56 Å². The third-order valence-electron chi connectivity index (χ3n) is 2.24. The summed E-state index contributed by atoms with van der Waals surface area (Å²) in [6, 6.07) is 10.7. The maximum Gasteiger partial charge on any atom is 0.138 e. The lowest BCUT2D eigenvalue weighted by Gasteiger charge is -1.99. The first-order chi connectivity index (χ1) is 8.15. The highest BCUT2D eigenvalue weighted by Crippen LogP contribution is 2.20. The number of nitrogens with zero attached hydrogens (tertiary/aromatic N) is 1. The summed E-state index contributed by atoms with van der Waals surface area (Å²) in [7, 11) is 0. The van der Waals surface area contributed by atoms with E-state index >= 15 is 0 Å². The van der Waals surface area contributed by atoms with Crippen LogP contribution in [0.4, 0.5) is 15.8 Å². The third-order valence-corrected chi connectivity index (χ3v) is 2.24. The van der Waals surface area contributed by atoms with Crippen molar-refractivity contribution in [3.05, 3.63) is 53.8 Å². The van der Waals surface area contributed by atoms with Crippen molar-refractivity contribution in [2.24, 2.45) is 4.99 Å². The van der Waals surface area contributed by atoms with Gasteiger partial charge in [-0.15, -0.1) is 0 Å². The molecule has 3 nitrogen and oxygen atoms in total. The number of phenols is 1. The van der Waals surface area contributed by atoms with Crippen molar-refractivity contribution in [1.82, 2.24) is 0 Å². The fraction of sp³-hybridized carbons (Fsp3) is 0. The molecule has 0 saturated carbocycles. The van der Waals surface area contributed by atoms with E-state index in [4.69, 9.17) is 5.73 Å². The van der Waals surface area contributed by atoms with Crippen molar-refractivity contribution in [2.75, 3.05) is 5.73 Å². The summed E-state index contributed by atoms with van der Waals surface area (Å²) in [6.45, 7) is 0. The first-order valence-electron chi connectivity index (χ1n) is 5.03. The molecule has 86 valence electrons. The molecule has 2 aromatic rings. The molecule has 2 rings (SSSR count).